The van der Waals surface area contributed by atoms with Crippen molar-refractivity contribution in [3.8, 4) is 5.75 Å². The zero-order valence-corrected chi connectivity index (χ0v) is 12.3. The van der Waals surface area contributed by atoms with Crippen LogP contribution < -0.4 is 5.43 Å². The van der Waals surface area contributed by atoms with Gasteiger partial charge in [-0.25, -0.2) is 5.43 Å². The first-order chi connectivity index (χ1) is 9.97. The van der Waals surface area contributed by atoms with E-state index in [1.807, 2.05) is 45.0 Å². The lowest BCUT2D eigenvalue weighted by Gasteiger charge is -2.04. The average molecular weight is 282 g/mol. The summed E-state index contributed by atoms with van der Waals surface area (Å²) in [6.07, 6.45) is 1.56. The first-order valence-corrected chi connectivity index (χ1v) is 6.67. The molecule has 2 aromatic rings. The number of phenolic OH excluding ortho intramolecular Hbond substituents is 1. The third-order valence-corrected chi connectivity index (χ3v) is 3.21. The van der Waals surface area contributed by atoms with Gasteiger partial charge >= 0.3 is 0 Å². The maximum Gasteiger partial charge on any atom is 0.271 e. The molecule has 0 aromatic heterocycles. The number of nitrogens with zero attached hydrogens (tertiary/aromatic N) is 1. The van der Waals surface area contributed by atoms with Crippen LogP contribution in [-0.4, -0.2) is 17.2 Å². The minimum Gasteiger partial charge on any atom is -0.507 e. The molecule has 0 unspecified atom stereocenters. The van der Waals surface area contributed by atoms with Crippen LogP contribution in [0.15, 0.2) is 41.5 Å². The molecule has 4 heteroatoms. The van der Waals surface area contributed by atoms with E-state index in [0.717, 1.165) is 22.3 Å². The Morgan fingerprint density at radius 1 is 1.10 bits per heavy atom. The number of aryl methyl sites for hydroxylation is 3. The maximum atomic E-state index is 11.9. The molecule has 4 nitrogen and oxygen atoms in total. The molecule has 0 atom stereocenters. The van der Waals surface area contributed by atoms with Crippen molar-refractivity contribution in [1.29, 1.82) is 0 Å². The smallest absolute Gasteiger partial charge is 0.271 e. The summed E-state index contributed by atoms with van der Waals surface area (Å²) in [6.45, 7) is 5.62. The van der Waals surface area contributed by atoms with Crippen molar-refractivity contribution in [1.82, 2.24) is 5.43 Å². The monoisotopic (exact) mass is 282 g/mol. The van der Waals surface area contributed by atoms with Crippen LogP contribution in [0.4, 0.5) is 0 Å². The molecule has 1 amide bonds. The summed E-state index contributed by atoms with van der Waals surface area (Å²) in [5.74, 6) is 0.0364. The third-order valence-electron chi connectivity index (χ3n) is 3.21. The summed E-state index contributed by atoms with van der Waals surface area (Å²) in [4.78, 5) is 11.9. The number of carbonyl (C=O) groups is 1. The highest BCUT2D eigenvalue weighted by atomic mass is 16.3. The summed E-state index contributed by atoms with van der Waals surface area (Å²) in [7, 11) is 0. The minimum atomic E-state index is -0.251. The lowest BCUT2D eigenvalue weighted by atomic mass is 10.1. The predicted octanol–water partition coefficient (Wildman–Crippen LogP) is 3.08. The Morgan fingerprint density at radius 2 is 1.67 bits per heavy atom. The summed E-state index contributed by atoms with van der Waals surface area (Å²) in [6, 6.07) is 10.9. The van der Waals surface area contributed by atoms with Gasteiger partial charge in [0.25, 0.3) is 5.91 Å². The minimum absolute atomic E-state index is 0.251. The molecule has 0 heterocycles. The van der Waals surface area contributed by atoms with Gasteiger partial charge in [0.05, 0.1) is 6.21 Å². The molecule has 0 fully saturated rings. The van der Waals surface area contributed by atoms with Crippen molar-refractivity contribution >= 4 is 12.1 Å². The van der Waals surface area contributed by atoms with Crippen molar-refractivity contribution in [2.75, 3.05) is 0 Å². The SMILES string of the molecule is Cc1ccc(C(=O)N/N=C\c2cc(C)c(O)c(C)c2)cc1. The van der Waals surface area contributed by atoms with Crippen molar-refractivity contribution in [2.24, 2.45) is 5.10 Å². The number of nitrogens with one attached hydrogen (secondary N) is 1. The number of benzene rings is 2. The highest BCUT2D eigenvalue weighted by Gasteiger charge is 2.04. The van der Waals surface area contributed by atoms with Crippen molar-refractivity contribution in [3.05, 3.63) is 64.2 Å². The van der Waals surface area contributed by atoms with E-state index >= 15 is 0 Å². The molecule has 0 spiro atoms. The molecule has 21 heavy (non-hydrogen) atoms. The molecule has 108 valence electrons. The highest BCUT2D eigenvalue weighted by Crippen LogP contribution is 2.21. The van der Waals surface area contributed by atoms with E-state index in [0.29, 0.717) is 5.56 Å². The molecule has 0 bridgehead atoms. The normalized spacial score (nSPS) is 10.8. The Balaban J connectivity index is 2.05. The van der Waals surface area contributed by atoms with E-state index in [1.54, 1.807) is 18.3 Å². The van der Waals surface area contributed by atoms with Crippen molar-refractivity contribution in [2.45, 2.75) is 20.8 Å². The number of phenols is 1. The first kappa shape index (κ1) is 14.8. The quantitative estimate of drug-likeness (QED) is 0.671. The maximum absolute atomic E-state index is 11.9. The Kier molecular flexibility index (Phi) is 4.38. The second-order valence-corrected chi connectivity index (χ2v) is 5.07. The summed E-state index contributed by atoms with van der Waals surface area (Å²) in [5, 5.41) is 13.6. The van der Waals surface area contributed by atoms with E-state index < -0.39 is 0 Å². The Morgan fingerprint density at radius 3 is 2.24 bits per heavy atom. The summed E-state index contributed by atoms with van der Waals surface area (Å²) < 4.78 is 0. The molecule has 0 radical (unpaired) electrons. The predicted molar refractivity (Wildman–Crippen MR) is 83.8 cm³/mol. The number of carbonyl (C=O) groups excluding carboxylic acids is 1. The molecule has 0 aliphatic heterocycles. The molecule has 0 aliphatic rings. The average Bonchev–Trinajstić information content (AvgIpc) is 2.45. The lowest BCUT2D eigenvalue weighted by molar-refractivity contribution is 0.0955. The lowest BCUT2D eigenvalue weighted by Crippen LogP contribution is -2.17. The van der Waals surface area contributed by atoms with E-state index in [9.17, 15) is 9.90 Å². The number of hydrazone groups is 1. The van der Waals surface area contributed by atoms with Crippen LogP contribution in [-0.2, 0) is 0 Å². The molecule has 0 saturated carbocycles. The number of rotatable bonds is 3. The first-order valence-electron chi connectivity index (χ1n) is 6.67. The third kappa shape index (κ3) is 3.69. The Labute approximate surface area is 124 Å². The van der Waals surface area contributed by atoms with Crippen LogP contribution in [0.2, 0.25) is 0 Å². The van der Waals surface area contributed by atoms with Crippen LogP contribution in [0.1, 0.15) is 32.6 Å². The number of hydrogen-bond acceptors (Lipinski definition) is 3. The van der Waals surface area contributed by atoms with Gasteiger partial charge in [-0.2, -0.15) is 5.10 Å². The standard InChI is InChI=1S/C17H18N2O2/c1-11-4-6-15(7-5-11)17(21)19-18-10-14-8-12(2)16(20)13(3)9-14/h4-10,20H,1-3H3,(H,19,21)/b18-10-. The van der Waals surface area contributed by atoms with Crippen LogP contribution in [0.25, 0.3) is 0 Å². The van der Waals surface area contributed by atoms with Crippen LogP contribution in [0, 0.1) is 20.8 Å². The van der Waals surface area contributed by atoms with Gasteiger partial charge < -0.3 is 5.11 Å². The zero-order chi connectivity index (χ0) is 15.4. The molecule has 0 saturated heterocycles. The second kappa shape index (κ2) is 6.22. The fraction of sp³-hybridized carbons (Fsp3) is 0.176. The zero-order valence-electron chi connectivity index (χ0n) is 12.3. The molecular weight excluding hydrogens is 264 g/mol. The van der Waals surface area contributed by atoms with Gasteiger partial charge in [0.15, 0.2) is 0 Å². The largest absolute Gasteiger partial charge is 0.507 e. The fourth-order valence-electron chi connectivity index (χ4n) is 2.00. The number of amides is 1. The summed E-state index contributed by atoms with van der Waals surface area (Å²) in [5.41, 5.74) is 6.54. The fourth-order valence-corrected chi connectivity index (χ4v) is 2.00. The van der Waals surface area contributed by atoms with Crippen LogP contribution in [0.5, 0.6) is 5.75 Å². The summed E-state index contributed by atoms with van der Waals surface area (Å²) >= 11 is 0. The van der Waals surface area contributed by atoms with Gasteiger partial charge in [0.1, 0.15) is 5.75 Å². The van der Waals surface area contributed by atoms with E-state index in [1.165, 1.54) is 0 Å². The van der Waals surface area contributed by atoms with Crippen molar-refractivity contribution < 1.29 is 9.90 Å². The Bertz CT molecular complexity index is 665. The molecule has 2 N–H and O–H groups in total. The van der Waals surface area contributed by atoms with Crippen LogP contribution >= 0.6 is 0 Å². The number of hydrogen-bond donors (Lipinski definition) is 2. The van der Waals surface area contributed by atoms with Gasteiger partial charge in [0, 0.05) is 5.56 Å². The highest BCUT2D eigenvalue weighted by molar-refractivity contribution is 5.94. The van der Waals surface area contributed by atoms with E-state index in [-0.39, 0.29) is 11.7 Å². The van der Waals surface area contributed by atoms with Crippen LogP contribution in [0.3, 0.4) is 0 Å². The van der Waals surface area contributed by atoms with Gasteiger partial charge in [-0.3, -0.25) is 4.79 Å². The molecule has 2 rings (SSSR count). The van der Waals surface area contributed by atoms with Gasteiger partial charge in [-0.15, -0.1) is 0 Å². The van der Waals surface area contributed by atoms with Gasteiger partial charge in [-0.05, 0) is 61.7 Å². The molecular formula is C17H18N2O2. The van der Waals surface area contributed by atoms with E-state index in [2.05, 4.69) is 10.5 Å². The van der Waals surface area contributed by atoms with Gasteiger partial charge in [-0.1, -0.05) is 17.7 Å². The topological polar surface area (TPSA) is 61.7 Å². The molecule has 2 aromatic carbocycles. The van der Waals surface area contributed by atoms with E-state index in [4.69, 9.17) is 0 Å². The van der Waals surface area contributed by atoms with Crippen molar-refractivity contribution in [3.63, 3.8) is 0 Å². The van der Waals surface area contributed by atoms with Gasteiger partial charge in [0.2, 0.25) is 0 Å². The Hall–Kier alpha value is -2.62. The second-order valence-electron chi connectivity index (χ2n) is 5.07. The molecule has 0 aliphatic carbocycles. The number of aromatic hydroxyl groups is 1.